The van der Waals surface area contributed by atoms with Crippen molar-refractivity contribution in [3.63, 3.8) is 0 Å². The number of rotatable bonds is 6. The lowest BCUT2D eigenvalue weighted by molar-refractivity contribution is -0.0494. The van der Waals surface area contributed by atoms with E-state index in [9.17, 15) is 26.4 Å². The SMILES string of the molecule is O=c1cc(NC2CCN(S(=O)(=O)C(F)(F)F)CC2)c2cc(C(c3ccc(Cl)cc3)c3ccc(Cl)nc3)ccc2[nH]1. The first-order chi connectivity index (χ1) is 18.9. The Bertz CT molecular complexity index is 1640. The van der Waals surface area contributed by atoms with E-state index in [0.717, 1.165) is 16.7 Å². The Morgan fingerprint density at radius 3 is 2.23 bits per heavy atom. The molecule has 210 valence electrons. The molecule has 0 spiro atoms. The molecule has 1 fully saturated rings. The van der Waals surface area contributed by atoms with E-state index in [0.29, 0.717) is 31.1 Å². The van der Waals surface area contributed by atoms with Gasteiger partial charge in [-0.3, -0.25) is 4.79 Å². The number of sulfonamides is 1. The zero-order valence-electron chi connectivity index (χ0n) is 20.8. The van der Waals surface area contributed by atoms with Gasteiger partial charge in [-0.25, -0.2) is 13.4 Å². The van der Waals surface area contributed by atoms with Gasteiger partial charge in [0.25, 0.3) is 0 Å². The smallest absolute Gasteiger partial charge is 0.382 e. The largest absolute Gasteiger partial charge is 0.511 e. The number of nitrogens with one attached hydrogen (secondary N) is 2. The minimum absolute atomic E-state index is 0.146. The van der Waals surface area contributed by atoms with Gasteiger partial charge >= 0.3 is 15.5 Å². The number of H-pyrrole nitrogens is 1. The second-order valence-electron chi connectivity index (χ2n) is 9.52. The summed E-state index contributed by atoms with van der Waals surface area (Å²) in [5.41, 5.74) is -1.90. The third-order valence-corrected chi connectivity index (χ3v) is 9.04. The van der Waals surface area contributed by atoms with E-state index in [4.69, 9.17) is 23.2 Å². The highest BCUT2D eigenvalue weighted by Gasteiger charge is 2.50. The van der Waals surface area contributed by atoms with Crippen LogP contribution in [0.25, 0.3) is 10.9 Å². The highest BCUT2D eigenvalue weighted by Crippen LogP contribution is 2.36. The molecule has 1 atom stereocenters. The summed E-state index contributed by atoms with van der Waals surface area (Å²) in [6.45, 7) is -0.567. The molecule has 1 aliphatic rings. The van der Waals surface area contributed by atoms with Crippen LogP contribution in [-0.2, 0) is 10.0 Å². The maximum atomic E-state index is 13.0. The molecule has 4 aromatic rings. The van der Waals surface area contributed by atoms with Crippen molar-refractivity contribution >= 4 is 49.8 Å². The molecule has 0 radical (unpaired) electrons. The van der Waals surface area contributed by atoms with E-state index in [1.807, 2.05) is 30.3 Å². The topological polar surface area (TPSA) is 95.2 Å². The Kier molecular flexibility index (Phi) is 7.84. The molecular formula is C27H23Cl2F3N4O3S. The average Bonchev–Trinajstić information content (AvgIpc) is 2.91. The number of alkyl halides is 3. The van der Waals surface area contributed by atoms with Crippen LogP contribution in [0.3, 0.4) is 0 Å². The van der Waals surface area contributed by atoms with Gasteiger partial charge in [-0.15, -0.1) is 0 Å². The van der Waals surface area contributed by atoms with Crippen molar-refractivity contribution in [2.24, 2.45) is 0 Å². The zero-order valence-corrected chi connectivity index (χ0v) is 23.1. The summed E-state index contributed by atoms with van der Waals surface area (Å²) in [6, 6.07) is 17.7. The summed E-state index contributed by atoms with van der Waals surface area (Å²) in [5.74, 6) is -0.248. The lowest BCUT2D eigenvalue weighted by atomic mass is 9.85. The maximum Gasteiger partial charge on any atom is 0.511 e. The predicted octanol–water partition coefficient (Wildman–Crippen LogP) is 6.14. The van der Waals surface area contributed by atoms with Gasteiger partial charge in [0, 0.05) is 53.4 Å². The van der Waals surface area contributed by atoms with Gasteiger partial charge < -0.3 is 10.3 Å². The number of hydrogen-bond donors (Lipinski definition) is 2. The lowest BCUT2D eigenvalue weighted by Crippen LogP contribution is -2.47. The van der Waals surface area contributed by atoms with Crippen LogP contribution in [-0.4, -0.2) is 47.3 Å². The minimum atomic E-state index is -5.38. The van der Waals surface area contributed by atoms with E-state index in [1.54, 1.807) is 30.5 Å². The Morgan fingerprint density at radius 1 is 0.950 bits per heavy atom. The van der Waals surface area contributed by atoms with Crippen LogP contribution < -0.4 is 10.9 Å². The van der Waals surface area contributed by atoms with Crippen molar-refractivity contribution in [3.05, 3.63) is 104 Å². The van der Waals surface area contributed by atoms with Gasteiger partial charge in [0.1, 0.15) is 5.15 Å². The second-order valence-corrected chi connectivity index (χ2v) is 12.3. The standard InChI is InChI=1S/C27H23Cl2F3N4O3S/c28-19-5-1-16(2-6-19)26(18-4-8-24(29)33-15-18)17-3-7-22-21(13-17)23(14-25(37)35-22)34-20-9-11-36(12-10-20)40(38,39)27(30,31)32/h1-8,13-15,20,26H,9-12H2,(H2,34,35,37). The number of piperidine rings is 1. The van der Waals surface area contributed by atoms with Crippen LogP contribution in [0.5, 0.6) is 0 Å². The fourth-order valence-electron chi connectivity index (χ4n) is 4.97. The Balaban J connectivity index is 1.49. The molecule has 1 aliphatic heterocycles. The van der Waals surface area contributed by atoms with Gasteiger partial charge in [-0.1, -0.05) is 47.5 Å². The van der Waals surface area contributed by atoms with Crippen LogP contribution in [0.1, 0.15) is 35.4 Å². The summed E-state index contributed by atoms with van der Waals surface area (Å²) in [4.78, 5) is 19.5. The van der Waals surface area contributed by atoms with E-state index >= 15 is 0 Å². The molecule has 1 unspecified atom stereocenters. The monoisotopic (exact) mass is 610 g/mol. The van der Waals surface area contributed by atoms with Crippen molar-refractivity contribution in [1.29, 1.82) is 0 Å². The molecular weight excluding hydrogens is 588 g/mol. The number of benzene rings is 2. The van der Waals surface area contributed by atoms with Crippen LogP contribution in [0, 0.1) is 0 Å². The summed E-state index contributed by atoms with van der Waals surface area (Å²) in [5, 5.41) is 4.91. The van der Waals surface area contributed by atoms with E-state index in [1.165, 1.54) is 6.07 Å². The molecule has 0 amide bonds. The second kappa shape index (κ2) is 11.0. The molecule has 1 saturated heterocycles. The van der Waals surface area contributed by atoms with Crippen LogP contribution in [0.15, 0.2) is 71.7 Å². The first kappa shape index (κ1) is 28.4. The Morgan fingerprint density at radius 2 is 1.60 bits per heavy atom. The molecule has 13 heteroatoms. The van der Waals surface area contributed by atoms with Crippen LogP contribution in [0.2, 0.25) is 10.2 Å². The number of aromatic amines is 1. The zero-order chi connectivity index (χ0) is 28.7. The summed E-state index contributed by atoms with van der Waals surface area (Å²) in [7, 11) is -5.38. The fourth-order valence-corrected chi connectivity index (χ4v) is 6.19. The summed E-state index contributed by atoms with van der Waals surface area (Å²) >= 11 is 12.2. The Labute approximate surface area is 238 Å². The van der Waals surface area contributed by atoms with Crippen LogP contribution >= 0.6 is 23.2 Å². The minimum Gasteiger partial charge on any atom is -0.382 e. The molecule has 0 aliphatic carbocycles. The van der Waals surface area contributed by atoms with Gasteiger partial charge in [0.2, 0.25) is 5.56 Å². The lowest BCUT2D eigenvalue weighted by Gasteiger charge is -2.32. The molecule has 3 heterocycles. The average molecular weight is 611 g/mol. The molecule has 2 N–H and O–H groups in total. The maximum absolute atomic E-state index is 13.0. The number of hydrogen-bond acceptors (Lipinski definition) is 5. The van der Waals surface area contributed by atoms with E-state index in [2.05, 4.69) is 15.3 Å². The number of halogens is 5. The highest BCUT2D eigenvalue weighted by atomic mass is 35.5. The fraction of sp³-hybridized carbons (Fsp3) is 0.259. The summed E-state index contributed by atoms with van der Waals surface area (Å²) in [6.07, 6.45) is 1.99. The molecule has 0 saturated carbocycles. The molecule has 40 heavy (non-hydrogen) atoms. The Hall–Kier alpha value is -3.12. The quantitative estimate of drug-likeness (QED) is 0.256. The summed E-state index contributed by atoms with van der Waals surface area (Å²) < 4.78 is 62.9. The van der Waals surface area contributed by atoms with Gasteiger partial charge in [0.05, 0.1) is 5.52 Å². The van der Waals surface area contributed by atoms with Crippen molar-refractivity contribution in [2.45, 2.75) is 30.3 Å². The normalized spacial score (nSPS) is 16.2. The first-order valence-corrected chi connectivity index (χ1v) is 14.5. The van der Waals surface area contributed by atoms with E-state index in [-0.39, 0.29) is 43.5 Å². The third kappa shape index (κ3) is 5.83. The van der Waals surface area contributed by atoms with Crippen molar-refractivity contribution in [2.75, 3.05) is 18.4 Å². The molecule has 2 aromatic heterocycles. The van der Waals surface area contributed by atoms with Crippen molar-refractivity contribution < 1.29 is 21.6 Å². The van der Waals surface area contributed by atoms with Crippen molar-refractivity contribution in [1.82, 2.24) is 14.3 Å². The first-order valence-electron chi connectivity index (χ1n) is 12.3. The van der Waals surface area contributed by atoms with Gasteiger partial charge in [0.15, 0.2) is 0 Å². The molecule has 7 nitrogen and oxygen atoms in total. The number of pyridine rings is 2. The number of aromatic nitrogens is 2. The number of nitrogens with zero attached hydrogens (tertiary/aromatic N) is 2. The molecule has 0 bridgehead atoms. The van der Waals surface area contributed by atoms with Gasteiger partial charge in [-0.05, 0) is 59.9 Å². The third-order valence-electron chi connectivity index (χ3n) is 6.93. The van der Waals surface area contributed by atoms with Gasteiger partial charge in [-0.2, -0.15) is 17.5 Å². The molecule has 2 aromatic carbocycles. The number of fused-ring (bicyclic) bond motifs is 1. The predicted molar refractivity (Wildman–Crippen MR) is 149 cm³/mol. The molecule has 5 rings (SSSR count). The van der Waals surface area contributed by atoms with E-state index < -0.39 is 15.5 Å². The highest BCUT2D eigenvalue weighted by molar-refractivity contribution is 7.90. The number of anilines is 1. The van der Waals surface area contributed by atoms with Crippen molar-refractivity contribution in [3.8, 4) is 0 Å². The van der Waals surface area contributed by atoms with Crippen LogP contribution in [0.4, 0.5) is 18.9 Å².